The first-order valence-corrected chi connectivity index (χ1v) is 28.7. The third kappa shape index (κ3) is 8.62. The molecule has 0 radical (unpaired) electrons. The zero-order valence-electron chi connectivity index (χ0n) is 48.3. The van der Waals surface area contributed by atoms with Gasteiger partial charge in [-0.25, -0.2) is 4.98 Å². The van der Waals surface area contributed by atoms with Crippen LogP contribution in [0.25, 0.3) is 105 Å². The van der Waals surface area contributed by atoms with Crippen molar-refractivity contribution in [2.75, 3.05) is 16.8 Å². The van der Waals surface area contributed by atoms with Crippen molar-refractivity contribution in [2.24, 2.45) is 0 Å². The van der Waals surface area contributed by atoms with Crippen molar-refractivity contribution < 1.29 is 25.8 Å². The van der Waals surface area contributed by atoms with Crippen molar-refractivity contribution in [2.45, 2.75) is 59.3 Å². The summed E-state index contributed by atoms with van der Waals surface area (Å²) in [5, 5.41) is 7.00. The molecule has 0 N–H and O–H groups in total. The van der Waals surface area contributed by atoms with Gasteiger partial charge < -0.3 is 28.2 Å². The second-order valence-corrected chi connectivity index (χ2v) is 24.3. The minimum absolute atomic E-state index is 0. The van der Waals surface area contributed by atoms with E-state index < -0.39 is 0 Å². The summed E-state index contributed by atoms with van der Waals surface area (Å²) in [5.41, 5.74) is 19.8. The smallest absolute Gasteiger partial charge is 0.135 e. The summed E-state index contributed by atoms with van der Waals surface area (Å²) < 4.78 is 13.9. The number of ether oxygens (including phenoxy) is 1. The van der Waals surface area contributed by atoms with Crippen LogP contribution in [0.15, 0.2) is 219 Å². The topological polar surface area (TPSA) is 43.4 Å². The zero-order chi connectivity index (χ0) is 56.5. The summed E-state index contributed by atoms with van der Waals surface area (Å²) in [4.78, 5) is 9.85. The van der Waals surface area contributed by atoms with Crippen molar-refractivity contribution in [1.29, 1.82) is 0 Å². The van der Waals surface area contributed by atoms with Crippen LogP contribution in [-0.4, -0.2) is 25.7 Å². The van der Waals surface area contributed by atoms with Crippen molar-refractivity contribution >= 4 is 82.5 Å². The van der Waals surface area contributed by atoms with E-state index in [9.17, 15) is 0 Å². The Morgan fingerprint density at radius 2 is 0.952 bits per heavy atom. The number of pyridine rings is 1. The first-order valence-electron chi connectivity index (χ1n) is 28.7. The van der Waals surface area contributed by atoms with Gasteiger partial charge in [0.05, 0.1) is 33.4 Å². The van der Waals surface area contributed by atoms with E-state index in [1.807, 2.05) is 18.2 Å². The summed E-state index contributed by atoms with van der Waals surface area (Å²) in [6, 6.07) is 84.1. The number of anilines is 3. The maximum atomic E-state index is 6.79. The van der Waals surface area contributed by atoms with Gasteiger partial charge in [-0.15, -0.1) is 41.4 Å². The molecule has 0 amide bonds. The minimum atomic E-state index is -0.0319. The summed E-state index contributed by atoms with van der Waals surface area (Å²) in [6.45, 7) is 18.1. The molecule has 0 bridgehead atoms. The van der Waals surface area contributed by atoms with Crippen LogP contribution < -0.4 is 14.5 Å². The summed E-state index contributed by atoms with van der Waals surface area (Å²) in [6.07, 6.45) is 2.10. The first kappa shape index (κ1) is 52.9. The Kier molecular flexibility index (Phi) is 12.6. The molecule has 14 aromatic rings. The second-order valence-electron chi connectivity index (χ2n) is 24.3. The molecule has 414 valence electrons. The molecule has 0 aliphatic carbocycles. The number of aryl methyl sites for hydroxylation is 1. The van der Waals surface area contributed by atoms with Crippen LogP contribution in [0.4, 0.5) is 17.1 Å². The third-order valence-electron chi connectivity index (χ3n) is 16.9. The molecule has 5 heterocycles. The van der Waals surface area contributed by atoms with Gasteiger partial charge in [0.25, 0.3) is 0 Å². The van der Waals surface area contributed by atoms with E-state index in [1.165, 1.54) is 38.2 Å². The molecule has 1 aliphatic heterocycles. The second kappa shape index (κ2) is 20.0. The number of hydrogen-bond donors (Lipinski definition) is 0. The molecule has 1 aliphatic rings. The standard InChI is InChI=1S/C76H61N6O.Pt/c1-48-39-73(77-46-62(48)74-70(80-63-27-13-9-23-56(63)57-24-10-14-28-64(57)80)33-20-34-71(74)81-65-29-15-11-25-58(65)59-26-12-16-30-66(59)81)82-67-38-35-49(50-40-51(75(2,3)4)43-52(41-50)76(5,6)7)42-61(67)60-37-36-55(45-72(60)82)83-54-22-19-21-53(44-54)79-47-78(8)68-31-17-18-32-69(68)79;/h9-43,46-47H,1-8H3;/q-3;. The predicted octanol–water partition coefficient (Wildman–Crippen LogP) is 19.7. The number of rotatable bonds is 8. The van der Waals surface area contributed by atoms with E-state index in [0.29, 0.717) is 11.5 Å². The summed E-state index contributed by atoms with van der Waals surface area (Å²) in [5.74, 6) is 1.96. The molecule has 84 heavy (non-hydrogen) atoms. The van der Waals surface area contributed by atoms with Crippen molar-refractivity contribution in [1.82, 2.24) is 18.7 Å². The van der Waals surface area contributed by atoms with E-state index in [0.717, 1.165) is 100 Å². The quantitative estimate of drug-likeness (QED) is 0.142. The first-order chi connectivity index (χ1) is 40.2. The minimum Gasteiger partial charge on any atom is -0.509 e. The zero-order valence-corrected chi connectivity index (χ0v) is 50.5. The molecule has 0 unspecified atom stereocenters. The number of benzene rings is 10. The maximum absolute atomic E-state index is 6.79. The Bertz CT molecular complexity index is 4680. The summed E-state index contributed by atoms with van der Waals surface area (Å²) >= 11 is 0. The normalized spacial score (nSPS) is 12.8. The molecular formula is C76H61N6OPt-3. The molecule has 0 saturated heterocycles. The van der Waals surface area contributed by atoms with E-state index in [2.05, 4.69) is 298 Å². The fraction of sp³-hybridized carbons (Fsp3) is 0.132. The molecular weight excluding hydrogens is 1210 g/mol. The van der Waals surface area contributed by atoms with Gasteiger partial charge >= 0.3 is 0 Å². The van der Waals surface area contributed by atoms with Crippen LogP contribution in [0.3, 0.4) is 0 Å². The predicted molar refractivity (Wildman–Crippen MR) is 346 cm³/mol. The van der Waals surface area contributed by atoms with Crippen LogP contribution in [0.2, 0.25) is 0 Å². The number of fused-ring (bicyclic) bond motifs is 10. The SMILES string of the molecule is Cc1cc(-n2c3[c-]c(Oc4[c-]c(N5[CH-]N(C)c6ccccc65)ccc4)ccc3c3cc(-c4cc(C(C)(C)C)cc(C(C)(C)C)c4)ccc32)ncc1-c1c(-n2c3ccccc3c3ccccc32)cccc1-n1c2ccccc2c2ccccc21.[Pt]. The van der Waals surface area contributed by atoms with Crippen molar-refractivity contribution in [3.05, 3.63) is 254 Å². The van der Waals surface area contributed by atoms with E-state index in [-0.39, 0.29) is 31.9 Å². The van der Waals surface area contributed by atoms with Crippen LogP contribution >= 0.6 is 0 Å². The van der Waals surface area contributed by atoms with Crippen molar-refractivity contribution in [3.63, 3.8) is 0 Å². The molecule has 7 nitrogen and oxygen atoms in total. The van der Waals surface area contributed by atoms with Gasteiger partial charge in [0, 0.05) is 88.3 Å². The van der Waals surface area contributed by atoms with Crippen LogP contribution in [0.5, 0.6) is 11.5 Å². The number of hydrogen-bond acceptors (Lipinski definition) is 4. The van der Waals surface area contributed by atoms with Gasteiger partial charge in [-0.2, -0.15) is 18.8 Å². The van der Waals surface area contributed by atoms with E-state index in [4.69, 9.17) is 9.72 Å². The van der Waals surface area contributed by atoms with Gasteiger partial charge in [0.2, 0.25) is 0 Å². The third-order valence-corrected chi connectivity index (χ3v) is 16.9. The largest absolute Gasteiger partial charge is 0.509 e. The van der Waals surface area contributed by atoms with E-state index >= 15 is 0 Å². The van der Waals surface area contributed by atoms with E-state index in [1.54, 1.807) is 0 Å². The molecule has 0 atom stereocenters. The Morgan fingerprint density at radius 3 is 1.52 bits per heavy atom. The Balaban J connectivity index is 0.00000627. The molecule has 0 spiro atoms. The fourth-order valence-electron chi connectivity index (χ4n) is 12.7. The van der Waals surface area contributed by atoms with Gasteiger partial charge in [-0.3, -0.25) is 0 Å². The number of para-hydroxylation sites is 6. The molecule has 8 heteroatoms. The van der Waals surface area contributed by atoms with Gasteiger partial charge in [-0.05, 0) is 119 Å². The molecule has 0 saturated carbocycles. The Morgan fingerprint density at radius 1 is 0.440 bits per heavy atom. The maximum Gasteiger partial charge on any atom is 0.135 e. The van der Waals surface area contributed by atoms with Crippen LogP contribution in [0, 0.1) is 25.7 Å². The molecule has 10 aromatic carbocycles. The Labute approximate surface area is 504 Å². The molecule has 15 rings (SSSR count). The molecule has 4 aromatic heterocycles. The van der Waals surface area contributed by atoms with Gasteiger partial charge in [0.1, 0.15) is 5.82 Å². The van der Waals surface area contributed by atoms with Crippen LogP contribution in [-0.2, 0) is 31.9 Å². The van der Waals surface area contributed by atoms with Crippen molar-refractivity contribution in [3.8, 4) is 50.9 Å². The average molecular weight is 1270 g/mol. The number of aromatic nitrogens is 4. The monoisotopic (exact) mass is 1270 g/mol. The number of nitrogens with zero attached hydrogens (tertiary/aromatic N) is 6. The van der Waals surface area contributed by atoms with Crippen LogP contribution in [0.1, 0.15) is 58.2 Å². The fourth-order valence-corrected chi connectivity index (χ4v) is 12.7. The van der Waals surface area contributed by atoms with Gasteiger partial charge in [0.15, 0.2) is 0 Å². The Hall–Kier alpha value is -9.16. The van der Waals surface area contributed by atoms with Gasteiger partial charge in [-0.1, -0.05) is 168 Å². The average Bonchev–Trinajstić information content (AvgIpc) is 2.53. The molecule has 0 fully saturated rings. The summed E-state index contributed by atoms with van der Waals surface area (Å²) in [7, 11) is 2.07.